The number of rotatable bonds is 2. The number of ether oxygens (including phenoxy) is 1. The van der Waals surface area contributed by atoms with E-state index in [-0.39, 0.29) is 19.6 Å². The van der Waals surface area contributed by atoms with E-state index in [9.17, 15) is 14.4 Å². The Kier molecular flexibility index (Phi) is 3.73. The van der Waals surface area contributed by atoms with Crippen LogP contribution >= 0.6 is 0 Å². The van der Waals surface area contributed by atoms with Crippen LogP contribution in [0.25, 0.3) is 0 Å². The monoisotopic (exact) mass is 356 g/mol. The van der Waals surface area contributed by atoms with E-state index in [2.05, 4.69) is 11.9 Å². The Morgan fingerprint density at radius 2 is 2.19 bits per heavy atom. The van der Waals surface area contributed by atoms with Crippen LogP contribution in [0.1, 0.15) is 5.56 Å². The molecule has 26 heavy (non-hydrogen) atoms. The fourth-order valence-corrected chi connectivity index (χ4v) is 4.20. The van der Waals surface area contributed by atoms with Gasteiger partial charge in [0, 0.05) is 24.5 Å². The van der Waals surface area contributed by atoms with Gasteiger partial charge in [-0.15, -0.1) is 6.58 Å². The maximum Gasteiger partial charge on any atom is 0.331 e. The van der Waals surface area contributed by atoms with Crippen molar-refractivity contribution in [2.45, 2.75) is 12.5 Å². The fraction of sp³-hybridized carbons (Fsp3) is 0.389. The summed E-state index contributed by atoms with van der Waals surface area (Å²) in [6, 6.07) is 4.30. The summed E-state index contributed by atoms with van der Waals surface area (Å²) >= 11 is 0. The summed E-state index contributed by atoms with van der Waals surface area (Å²) < 4.78 is 5.60. The van der Waals surface area contributed by atoms with Gasteiger partial charge < -0.3 is 15.4 Å². The van der Waals surface area contributed by atoms with Crippen LogP contribution in [0.3, 0.4) is 0 Å². The molecule has 1 spiro atoms. The minimum atomic E-state index is -1.43. The molecule has 2 fully saturated rings. The Labute approximate surface area is 150 Å². The maximum atomic E-state index is 13.3. The van der Waals surface area contributed by atoms with Crippen molar-refractivity contribution in [3.8, 4) is 0 Å². The van der Waals surface area contributed by atoms with Gasteiger partial charge in [0.05, 0.1) is 19.3 Å². The Balaban J connectivity index is 1.88. The van der Waals surface area contributed by atoms with Crippen molar-refractivity contribution in [3.63, 3.8) is 0 Å². The van der Waals surface area contributed by atoms with Crippen molar-refractivity contribution in [2.75, 3.05) is 36.9 Å². The van der Waals surface area contributed by atoms with Crippen molar-refractivity contribution in [2.24, 2.45) is 5.41 Å². The molecule has 136 valence electrons. The lowest BCUT2D eigenvalue weighted by molar-refractivity contribution is -0.155. The van der Waals surface area contributed by atoms with E-state index in [4.69, 9.17) is 10.5 Å². The largest absolute Gasteiger partial charge is 0.399 e. The van der Waals surface area contributed by atoms with E-state index in [1.807, 2.05) is 11.0 Å². The average Bonchev–Trinajstić information content (AvgIpc) is 2.63. The van der Waals surface area contributed by atoms with Crippen LogP contribution in [-0.2, 0) is 20.7 Å². The SMILES string of the molecule is C=CCN1C(=O)NC(=O)[C@@]2(Cc3cc(N)ccc3N3CCOC[C@H]32)C1=O. The van der Waals surface area contributed by atoms with Crippen molar-refractivity contribution in [3.05, 3.63) is 36.4 Å². The van der Waals surface area contributed by atoms with Crippen molar-refractivity contribution in [1.82, 2.24) is 10.2 Å². The second-order valence-corrected chi connectivity index (χ2v) is 6.78. The highest BCUT2D eigenvalue weighted by Gasteiger charge is 2.62. The number of nitrogens with one attached hydrogen (secondary N) is 1. The first kappa shape index (κ1) is 16.6. The number of nitrogens with two attached hydrogens (primary N) is 1. The molecule has 0 radical (unpaired) electrons. The summed E-state index contributed by atoms with van der Waals surface area (Å²) in [5.41, 5.74) is 6.83. The first-order valence-electron chi connectivity index (χ1n) is 8.50. The van der Waals surface area contributed by atoms with Gasteiger partial charge in [-0.3, -0.25) is 19.8 Å². The zero-order valence-electron chi connectivity index (χ0n) is 14.2. The molecule has 0 unspecified atom stereocenters. The molecular formula is C18H20N4O4. The van der Waals surface area contributed by atoms with Crippen LogP contribution in [0.2, 0.25) is 0 Å². The van der Waals surface area contributed by atoms with Gasteiger partial charge in [0.2, 0.25) is 11.8 Å². The maximum absolute atomic E-state index is 13.3. The molecule has 2 atom stereocenters. The number of nitrogen functional groups attached to an aromatic ring is 1. The summed E-state index contributed by atoms with van der Waals surface area (Å²) in [5.74, 6) is -1.10. The van der Waals surface area contributed by atoms with Crippen molar-refractivity contribution < 1.29 is 19.1 Å². The van der Waals surface area contributed by atoms with Crippen molar-refractivity contribution >= 4 is 29.2 Å². The normalized spacial score (nSPS) is 27.8. The number of morpholine rings is 1. The Morgan fingerprint density at radius 3 is 2.96 bits per heavy atom. The highest BCUT2D eigenvalue weighted by molar-refractivity contribution is 6.20. The first-order valence-corrected chi connectivity index (χ1v) is 8.50. The molecule has 1 aromatic carbocycles. The molecule has 0 saturated carbocycles. The lowest BCUT2D eigenvalue weighted by atomic mass is 9.68. The van der Waals surface area contributed by atoms with Crippen molar-refractivity contribution in [1.29, 1.82) is 0 Å². The molecular weight excluding hydrogens is 336 g/mol. The van der Waals surface area contributed by atoms with E-state index < -0.39 is 29.3 Å². The second-order valence-electron chi connectivity index (χ2n) is 6.78. The van der Waals surface area contributed by atoms with E-state index in [0.29, 0.717) is 18.8 Å². The number of carbonyl (C=O) groups excluding carboxylic acids is 3. The zero-order valence-corrected chi connectivity index (χ0v) is 14.2. The predicted octanol–water partition coefficient (Wildman–Crippen LogP) is 0.281. The molecule has 3 N–H and O–H groups in total. The number of imide groups is 2. The molecule has 0 bridgehead atoms. The summed E-state index contributed by atoms with van der Waals surface area (Å²) in [5, 5.41) is 2.35. The number of barbiturate groups is 1. The molecule has 3 heterocycles. The van der Waals surface area contributed by atoms with E-state index in [0.717, 1.165) is 16.2 Å². The van der Waals surface area contributed by atoms with Gasteiger partial charge in [-0.05, 0) is 30.2 Å². The predicted molar refractivity (Wildman–Crippen MR) is 94.4 cm³/mol. The topological polar surface area (TPSA) is 105 Å². The zero-order chi connectivity index (χ0) is 18.5. The van der Waals surface area contributed by atoms with Gasteiger partial charge in [0.25, 0.3) is 0 Å². The second kappa shape index (κ2) is 5.84. The van der Waals surface area contributed by atoms with Crippen LogP contribution < -0.4 is 16.0 Å². The number of carbonyl (C=O) groups is 3. The Hall–Kier alpha value is -2.87. The highest BCUT2D eigenvalue weighted by Crippen LogP contribution is 2.45. The number of hydrogen-bond acceptors (Lipinski definition) is 6. The molecule has 0 aromatic heterocycles. The minimum absolute atomic E-state index is 0.0387. The van der Waals surface area contributed by atoms with Gasteiger partial charge >= 0.3 is 6.03 Å². The van der Waals surface area contributed by atoms with Gasteiger partial charge in [-0.1, -0.05) is 6.08 Å². The molecule has 4 rings (SSSR count). The molecule has 4 amide bonds. The van der Waals surface area contributed by atoms with Gasteiger partial charge in [0.15, 0.2) is 5.41 Å². The average molecular weight is 356 g/mol. The summed E-state index contributed by atoms with van der Waals surface area (Å²) in [6.07, 6.45) is 1.63. The Bertz CT molecular complexity index is 823. The van der Waals surface area contributed by atoms with Gasteiger partial charge in [-0.2, -0.15) is 0 Å². The molecule has 1 aromatic rings. The summed E-state index contributed by atoms with van der Waals surface area (Å²) in [6.45, 7) is 4.93. The van der Waals surface area contributed by atoms with E-state index in [1.165, 1.54) is 6.08 Å². The summed E-state index contributed by atoms with van der Waals surface area (Å²) in [4.78, 5) is 41.5. The lowest BCUT2D eigenvalue weighted by Crippen LogP contribution is -2.73. The third kappa shape index (κ3) is 2.15. The van der Waals surface area contributed by atoms with Gasteiger partial charge in [-0.25, -0.2) is 4.79 Å². The van der Waals surface area contributed by atoms with E-state index in [1.54, 1.807) is 12.1 Å². The molecule has 2 saturated heterocycles. The molecule has 3 aliphatic heterocycles. The van der Waals surface area contributed by atoms with Crippen LogP contribution in [0, 0.1) is 5.41 Å². The number of fused-ring (bicyclic) bond motifs is 4. The number of nitrogens with zero attached hydrogens (tertiary/aromatic N) is 2. The highest BCUT2D eigenvalue weighted by atomic mass is 16.5. The van der Waals surface area contributed by atoms with Crippen LogP contribution in [0.15, 0.2) is 30.9 Å². The molecule has 8 nitrogen and oxygen atoms in total. The molecule has 3 aliphatic rings. The molecule has 8 heteroatoms. The Morgan fingerprint density at radius 1 is 1.38 bits per heavy atom. The fourth-order valence-electron chi connectivity index (χ4n) is 4.20. The minimum Gasteiger partial charge on any atom is -0.399 e. The van der Waals surface area contributed by atoms with E-state index >= 15 is 0 Å². The third-order valence-corrected chi connectivity index (χ3v) is 5.39. The first-order chi connectivity index (χ1) is 12.5. The lowest BCUT2D eigenvalue weighted by Gasteiger charge is -2.53. The summed E-state index contributed by atoms with van der Waals surface area (Å²) in [7, 11) is 0. The standard InChI is InChI=1S/C18H20N4O4/c1-2-5-22-16(24)18(15(23)20-17(22)25)9-11-8-12(19)3-4-13(11)21-6-7-26-10-14(18)21/h2-4,8,14H,1,5-7,9-10,19H2,(H,20,23,25)/t14-,18-/m0/s1. The molecule has 0 aliphatic carbocycles. The quantitative estimate of drug-likeness (QED) is 0.448. The van der Waals surface area contributed by atoms with Crippen LogP contribution in [-0.4, -0.2) is 55.1 Å². The van der Waals surface area contributed by atoms with Crippen LogP contribution in [0.4, 0.5) is 16.2 Å². The van der Waals surface area contributed by atoms with Crippen LogP contribution in [0.5, 0.6) is 0 Å². The number of benzene rings is 1. The number of anilines is 2. The van der Waals surface area contributed by atoms with Gasteiger partial charge in [0.1, 0.15) is 0 Å². The number of hydrogen-bond donors (Lipinski definition) is 2. The number of urea groups is 1. The number of amides is 4. The smallest absolute Gasteiger partial charge is 0.331 e. The third-order valence-electron chi connectivity index (χ3n) is 5.39.